The van der Waals surface area contributed by atoms with Crippen LogP contribution in [0.15, 0.2) is 24.3 Å². The molecule has 0 saturated carbocycles. The summed E-state index contributed by atoms with van der Waals surface area (Å²) in [5.74, 6) is 0. The zero-order chi connectivity index (χ0) is 10.7. The van der Waals surface area contributed by atoms with Crippen LogP contribution in [0.5, 0.6) is 0 Å². The molecule has 0 spiro atoms. The van der Waals surface area contributed by atoms with Crippen LogP contribution < -0.4 is 5.73 Å². The molecule has 0 unspecified atom stereocenters. The molecular weight excluding hydrogens is 206 g/mol. The van der Waals surface area contributed by atoms with Gasteiger partial charge in [0, 0.05) is 12.0 Å². The zero-order valence-electron chi connectivity index (χ0n) is 8.60. The number of hydrogen-bond acceptors (Lipinski definition) is 4. The molecule has 0 aliphatic heterocycles. The van der Waals surface area contributed by atoms with Crippen LogP contribution in [0.4, 0.5) is 0 Å². The highest BCUT2D eigenvalue weighted by Gasteiger charge is 2.05. The van der Waals surface area contributed by atoms with Crippen LogP contribution in [0, 0.1) is 6.92 Å². The lowest BCUT2D eigenvalue weighted by molar-refractivity contribution is 0.913. The Labute approximate surface area is 93.0 Å². The van der Waals surface area contributed by atoms with Gasteiger partial charge in [-0.3, -0.25) is 0 Å². The van der Waals surface area contributed by atoms with Crippen molar-refractivity contribution in [2.75, 3.05) is 6.54 Å². The van der Waals surface area contributed by atoms with Crippen LogP contribution in [0.2, 0.25) is 0 Å². The van der Waals surface area contributed by atoms with Crippen LogP contribution in [0.3, 0.4) is 0 Å². The minimum atomic E-state index is 0.628. The maximum Gasteiger partial charge on any atom is 0.147 e. The summed E-state index contributed by atoms with van der Waals surface area (Å²) in [7, 11) is 0. The van der Waals surface area contributed by atoms with E-state index < -0.39 is 0 Å². The molecule has 1 heterocycles. The SMILES string of the molecule is Cc1ccc(-c2nnc(CCN)s2)cc1. The summed E-state index contributed by atoms with van der Waals surface area (Å²) >= 11 is 1.61. The largest absolute Gasteiger partial charge is 0.330 e. The summed E-state index contributed by atoms with van der Waals surface area (Å²) in [5.41, 5.74) is 7.85. The van der Waals surface area contributed by atoms with Crippen LogP contribution >= 0.6 is 11.3 Å². The highest BCUT2D eigenvalue weighted by molar-refractivity contribution is 7.14. The number of nitrogens with two attached hydrogens (primary N) is 1. The van der Waals surface area contributed by atoms with E-state index in [0.717, 1.165) is 22.0 Å². The third-order valence-corrected chi connectivity index (χ3v) is 3.16. The van der Waals surface area contributed by atoms with Crippen molar-refractivity contribution in [1.29, 1.82) is 0 Å². The number of aromatic nitrogens is 2. The molecule has 78 valence electrons. The first kappa shape index (κ1) is 10.3. The van der Waals surface area contributed by atoms with E-state index in [9.17, 15) is 0 Å². The third kappa shape index (κ3) is 2.40. The molecule has 0 atom stereocenters. The number of benzene rings is 1. The van der Waals surface area contributed by atoms with E-state index in [2.05, 4.69) is 41.4 Å². The maximum atomic E-state index is 5.47. The Kier molecular flexibility index (Phi) is 3.08. The Morgan fingerprint density at radius 1 is 1.20 bits per heavy atom. The van der Waals surface area contributed by atoms with Crippen molar-refractivity contribution in [2.24, 2.45) is 5.73 Å². The molecule has 0 radical (unpaired) electrons. The molecule has 1 aromatic heterocycles. The predicted molar refractivity (Wildman–Crippen MR) is 62.8 cm³/mol. The van der Waals surface area contributed by atoms with Gasteiger partial charge in [0.05, 0.1) is 0 Å². The van der Waals surface area contributed by atoms with E-state index in [1.807, 2.05) is 0 Å². The van der Waals surface area contributed by atoms with Crippen molar-refractivity contribution in [3.63, 3.8) is 0 Å². The normalized spacial score (nSPS) is 10.5. The molecule has 0 aliphatic carbocycles. The van der Waals surface area contributed by atoms with Gasteiger partial charge in [-0.25, -0.2) is 0 Å². The van der Waals surface area contributed by atoms with Crippen molar-refractivity contribution in [3.05, 3.63) is 34.8 Å². The standard InChI is InChI=1S/C11H13N3S/c1-8-2-4-9(5-3-8)11-14-13-10(15-11)6-7-12/h2-5H,6-7,12H2,1H3. The van der Waals surface area contributed by atoms with Gasteiger partial charge in [-0.05, 0) is 13.5 Å². The van der Waals surface area contributed by atoms with Crippen molar-refractivity contribution < 1.29 is 0 Å². The number of aryl methyl sites for hydroxylation is 1. The second kappa shape index (κ2) is 4.51. The summed E-state index contributed by atoms with van der Waals surface area (Å²) in [6, 6.07) is 8.31. The fourth-order valence-corrected chi connectivity index (χ4v) is 2.15. The van der Waals surface area contributed by atoms with Gasteiger partial charge in [-0.1, -0.05) is 41.2 Å². The van der Waals surface area contributed by atoms with Crippen molar-refractivity contribution in [2.45, 2.75) is 13.3 Å². The highest BCUT2D eigenvalue weighted by Crippen LogP contribution is 2.23. The number of hydrogen-bond donors (Lipinski definition) is 1. The van der Waals surface area contributed by atoms with Gasteiger partial charge in [0.1, 0.15) is 10.0 Å². The fraction of sp³-hybridized carbons (Fsp3) is 0.273. The topological polar surface area (TPSA) is 51.8 Å². The highest BCUT2D eigenvalue weighted by atomic mass is 32.1. The van der Waals surface area contributed by atoms with Crippen molar-refractivity contribution in [1.82, 2.24) is 10.2 Å². The Balaban J connectivity index is 2.25. The van der Waals surface area contributed by atoms with Crippen LogP contribution in [-0.4, -0.2) is 16.7 Å². The molecule has 2 N–H and O–H groups in total. The average molecular weight is 219 g/mol. The molecule has 1 aromatic carbocycles. The van der Waals surface area contributed by atoms with E-state index >= 15 is 0 Å². The van der Waals surface area contributed by atoms with Gasteiger partial charge in [-0.15, -0.1) is 10.2 Å². The lowest BCUT2D eigenvalue weighted by Crippen LogP contribution is -2.01. The molecule has 0 saturated heterocycles. The lowest BCUT2D eigenvalue weighted by atomic mass is 10.2. The van der Waals surface area contributed by atoms with Crippen LogP contribution in [0.1, 0.15) is 10.6 Å². The third-order valence-electron chi connectivity index (χ3n) is 2.12. The molecule has 3 nitrogen and oxygen atoms in total. The second-order valence-corrected chi connectivity index (χ2v) is 4.47. The summed E-state index contributed by atoms with van der Waals surface area (Å²) in [4.78, 5) is 0. The Morgan fingerprint density at radius 3 is 2.60 bits per heavy atom. The smallest absolute Gasteiger partial charge is 0.147 e. The molecule has 15 heavy (non-hydrogen) atoms. The van der Waals surface area contributed by atoms with E-state index in [-0.39, 0.29) is 0 Å². The van der Waals surface area contributed by atoms with E-state index in [0.29, 0.717) is 6.54 Å². The molecule has 4 heteroatoms. The van der Waals surface area contributed by atoms with E-state index in [1.165, 1.54) is 5.56 Å². The van der Waals surface area contributed by atoms with Gasteiger partial charge in [0.2, 0.25) is 0 Å². The van der Waals surface area contributed by atoms with Gasteiger partial charge in [0.25, 0.3) is 0 Å². The van der Waals surface area contributed by atoms with Gasteiger partial charge < -0.3 is 5.73 Å². The lowest BCUT2D eigenvalue weighted by Gasteiger charge is -1.95. The first-order valence-corrected chi connectivity index (χ1v) is 5.71. The van der Waals surface area contributed by atoms with Gasteiger partial charge in [-0.2, -0.15) is 0 Å². The van der Waals surface area contributed by atoms with Crippen molar-refractivity contribution >= 4 is 11.3 Å². The number of nitrogens with zero attached hydrogens (tertiary/aromatic N) is 2. The zero-order valence-corrected chi connectivity index (χ0v) is 9.42. The molecule has 2 rings (SSSR count). The Morgan fingerprint density at radius 2 is 1.93 bits per heavy atom. The Hall–Kier alpha value is -1.26. The second-order valence-electron chi connectivity index (χ2n) is 3.41. The van der Waals surface area contributed by atoms with Gasteiger partial charge >= 0.3 is 0 Å². The monoisotopic (exact) mass is 219 g/mol. The summed E-state index contributed by atoms with van der Waals surface area (Å²) in [6.07, 6.45) is 0.809. The minimum absolute atomic E-state index is 0.628. The molecule has 0 aliphatic rings. The summed E-state index contributed by atoms with van der Waals surface area (Å²) in [6.45, 7) is 2.70. The quantitative estimate of drug-likeness (QED) is 0.859. The number of rotatable bonds is 3. The Bertz CT molecular complexity index is 433. The van der Waals surface area contributed by atoms with Crippen LogP contribution in [0.25, 0.3) is 10.6 Å². The fourth-order valence-electron chi connectivity index (χ4n) is 1.29. The van der Waals surface area contributed by atoms with E-state index in [1.54, 1.807) is 11.3 Å². The average Bonchev–Trinajstić information content (AvgIpc) is 2.68. The van der Waals surface area contributed by atoms with E-state index in [4.69, 9.17) is 5.73 Å². The molecule has 2 aromatic rings. The van der Waals surface area contributed by atoms with Crippen molar-refractivity contribution in [3.8, 4) is 10.6 Å². The molecule has 0 amide bonds. The predicted octanol–water partition coefficient (Wildman–Crippen LogP) is 2.01. The summed E-state index contributed by atoms with van der Waals surface area (Å²) in [5, 5.41) is 10.2. The molecule has 0 bridgehead atoms. The maximum absolute atomic E-state index is 5.47. The summed E-state index contributed by atoms with van der Waals surface area (Å²) < 4.78 is 0. The molecule has 0 fully saturated rings. The van der Waals surface area contributed by atoms with Gasteiger partial charge in [0.15, 0.2) is 0 Å². The molecular formula is C11H13N3S. The minimum Gasteiger partial charge on any atom is -0.330 e. The first-order valence-electron chi connectivity index (χ1n) is 4.89. The van der Waals surface area contributed by atoms with Crippen LogP contribution in [-0.2, 0) is 6.42 Å². The first-order chi connectivity index (χ1) is 7.29.